The third-order valence-corrected chi connectivity index (χ3v) is 1.91. The molecule has 0 heterocycles. The second-order valence-electron chi connectivity index (χ2n) is 3.13. The summed E-state index contributed by atoms with van der Waals surface area (Å²) in [5.41, 5.74) is 0. The van der Waals surface area contributed by atoms with Gasteiger partial charge in [0, 0.05) is 6.08 Å². The van der Waals surface area contributed by atoms with Gasteiger partial charge in [0.2, 0.25) is 0 Å². The first-order chi connectivity index (χ1) is 5.58. The Kier molecular flexibility index (Phi) is 4.59. The highest BCUT2D eigenvalue weighted by Crippen LogP contribution is 2.01. The lowest BCUT2D eigenvalue weighted by atomic mass is 10.4. The van der Waals surface area contributed by atoms with Crippen molar-refractivity contribution in [2.45, 2.75) is 13.8 Å². The van der Waals surface area contributed by atoms with E-state index in [1.54, 1.807) is 7.11 Å². The maximum Gasteiger partial charge on any atom is 0.261 e. The van der Waals surface area contributed by atoms with Gasteiger partial charge < -0.3 is 4.84 Å². The smallest absolute Gasteiger partial charge is 0.261 e. The second kappa shape index (κ2) is 4.93. The molecule has 0 bridgehead atoms. The first kappa shape index (κ1) is 11.2. The summed E-state index contributed by atoms with van der Waals surface area (Å²) in [5, 5.41) is 3.96. The van der Waals surface area contributed by atoms with E-state index in [1.165, 1.54) is 0 Å². The number of oxime groups is 1. The maximum absolute atomic E-state index is 4.77. The number of quaternary nitrogens is 1. The van der Waals surface area contributed by atoms with Gasteiger partial charge in [0.1, 0.15) is 7.11 Å². The molecule has 12 heavy (non-hydrogen) atoms. The summed E-state index contributed by atoms with van der Waals surface area (Å²) in [5.74, 6) is 0.933. The summed E-state index contributed by atoms with van der Waals surface area (Å²) in [7, 11) is 5.76. The minimum Gasteiger partial charge on any atom is -0.394 e. The molecule has 0 saturated carbocycles. The fourth-order valence-corrected chi connectivity index (χ4v) is 0.747. The lowest BCUT2D eigenvalue weighted by molar-refractivity contribution is -0.796. The quantitative estimate of drug-likeness (QED) is 0.274. The molecule has 0 rings (SSSR count). The van der Waals surface area contributed by atoms with Gasteiger partial charge in [-0.15, -0.1) is 0 Å². The van der Waals surface area contributed by atoms with E-state index in [-0.39, 0.29) is 0 Å². The number of amidine groups is 1. The minimum absolute atomic E-state index is 0.734. The van der Waals surface area contributed by atoms with Crippen molar-refractivity contribution in [2.24, 2.45) is 5.16 Å². The molecule has 0 aromatic rings. The highest BCUT2D eigenvalue weighted by molar-refractivity contribution is 5.86. The summed E-state index contributed by atoms with van der Waals surface area (Å²) < 4.78 is 0.734. The van der Waals surface area contributed by atoms with Crippen LogP contribution in [0, 0.1) is 0 Å². The van der Waals surface area contributed by atoms with E-state index in [1.807, 2.05) is 19.1 Å². The van der Waals surface area contributed by atoms with Crippen molar-refractivity contribution in [2.75, 3.05) is 27.7 Å². The van der Waals surface area contributed by atoms with Crippen molar-refractivity contribution in [3.8, 4) is 0 Å². The van der Waals surface area contributed by atoms with Gasteiger partial charge in [-0.1, -0.05) is 6.08 Å². The zero-order chi connectivity index (χ0) is 9.61. The number of hydrogen-bond acceptors (Lipinski definition) is 2. The van der Waals surface area contributed by atoms with Gasteiger partial charge in [-0.3, -0.25) is 4.48 Å². The van der Waals surface area contributed by atoms with E-state index in [2.05, 4.69) is 26.2 Å². The van der Waals surface area contributed by atoms with E-state index in [9.17, 15) is 0 Å². The topological polar surface area (TPSA) is 21.6 Å². The third kappa shape index (κ3) is 3.05. The first-order valence-corrected chi connectivity index (χ1v) is 4.16. The zero-order valence-electron chi connectivity index (χ0n) is 8.66. The van der Waals surface area contributed by atoms with Crippen LogP contribution in [0.2, 0.25) is 0 Å². The molecule has 0 amide bonds. The van der Waals surface area contributed by atoms with Crippen molar-refractivity contribution < 1.29 is 9.32 Å². The van der Waals surface area contributed by atoms with Crippen molar-refractivity contribution >= 4 is 5.84 Å². The highest BCUT2D eigenvalue weighted by Gasteiger charge is 2.19. The SMILES string of the molecule is CC=CC(=NOC)[N+](C)(C)CC. The van der Waals surface area contributed by atoms with Gasteiger partial charge in [-0.2, -0.15) is 0 Å². The molecule has 0 aromatic carbocycles. The molecule has 3 nitrogen and oxygen atoms in total. The predicted octanol–water partition coefficient (Wildman–Crippen LogP) is 1.62. The Hall–Kier alpha value is -0.830. The Morgan fingerprint density at radius 2 is 2.08 bits per heavy atom. The zero-order valence-corrected chi connectivity index (χ0v) is 8.66. The van der Waals surface area contributed by atoms with Crippen LogP contribution in [0.15, 0.2) is 17.3 Å². The summed E-state index contributed by atoms with van der Waals surface area (Å²) >= 11 is 0. The summed E-state index contributed by atoms with van der Waals surface area (Å²) in [4.78, 5) is 4.77. The van der Waals surface area contributed by atoms with Gasteiger partial charge in [0.05, 0.1) is 20.6 Å². The molecule has 0 N–H and O–H groups in total. The molecular formula is C9H19N2O+. The van der Waals surface area contributed by atoms with Crippen LogP contribution in [0.25, 0.3) is 0 Å². The second-order valence-corrected chi connectivity index (χ2v) is 3.13. The molecular weight excluding hydrogens is 152 g/mol. The Balaban J connectivity index is 4.62. The van der Waals surface area contributed by atoms with Crippen LogP contribution >= 0.6 is 0 Å². The van der Waals surface area contributed by atoms with Crippen molar-refractivity contribution in [3.63, 3.8) is 0 Å². The molecule has 0 fully saturated rings. The Bertz CT molecular complexity index is 183. The normalized spacial score (nSPS) is 13.9. The molecule has 0 atom stereocenters. The molecule has 0 spiro atoms. The Morgan fingerprint density at radius 1 is 1.50 bits per heavy atom. The highest BCUT2D eigenvalue weighted by atomic mass is 16.6. The Labute approximate surface area is 74.9 Å². The van der Waals surface area contributed by atoms with E-state index < -0.39 is 0 Å². The molecule has 3 heteroatoms. The first-order valence-electron chi connectivity index (χ1n) is 4.16. The maximum atomic E-state index is 4.77. The van der Waals surface area contributed by atoms with E-state index in [0.29, 0.717) is 0 Å². The van der Waals surface area contributed by atoms with Gasteiger partial charge in [-0.05, 0) is 19.0 Å². The van der Waals surface area contributed by atoms with Gasteiger partial charge in [0.15, 0.2) is 0 Å². The van der Waals surface area contributed by atoms with Gasteiger partial charge in [-0.25, -0.2) is 0 Å². The number of likely N-dealkylation sites (N-methyl/N-ethyl adjacent to an activating group) is 1. The summed E-state index contributed by atoms with van der Waals surface area (Å²) in [6.07, 6.45) is 3.93. The van der Waals surface area contributed by atoms with Crippen molar-refractivity contribution in [1.29, 1.82) is 0 Å². The van der Waals surface area contributed by atoms with Crippen LogP contribution in [0.5, 0.6) is 0 Å². The van der Waals surface area contributed by atoms with Crippen LogP contribution in [0.1, 0.15) is 13.8 Å². The molecule has 0 radical (unpaired) electrons. The fourth-order valence-electron chi connectivity index (χ4n) is 0.747. The van der Waals surface area contributed by atoms with Crippen molar-refractivity contribution in [3.05, 3.63) is 12.2 Å². The largest absolute Gasteiger partial charge is 0.394 e. The molecule has 0 aromatic heterocycles. The molecule has 0 aliphatic heterocycles. The van der Waals surface area contributed by atoms with Crippen LogP contribution in [0.4, 0.5) is 0 Å². The van der Waals surface area contributed by atoms with Crippen LogP contribution in [0.3, 0.4) is 0 Å². The summed E-state index contributed by atoms with van der Waals surface area (Å²) in [6, 6.07) is 0. The standard InChI is InChI=1S/C9H19N2O/c1-6-8-9(10-12-5)11(3,4)7-2/h6,8H,7H2,1-5H3/q+1. The molecule has 70 valence electrons. The van der Waals surface area contributed by atoms with Gasteiger partial charge >= 0.3 is 0 Å². The predicted molar refractivity (Wildman–Crippen MR) is 51.9 cm³/mol. The Morgan fingerprint density at radius 3 is 2.42 bits per heavy atom. The average molecular weight is 171 g/mol. The lowest BCUT2D eigenvalue weighted by Crippen LogP contribution is -2.44. The lowest BCUT2D eigenvalue weighted by Gasteiger charge is -2.26. The van der Waals surface area contributed by atoms with Crippen molar-refractivity contribution in [1.82, 2.24) is 0 Å². The number of hydrogen-bond donors (Lipinski definition) is 0. The monoisotopic (exact) mass is 171 g/mol. The summed E-state index contributed by atoms with van der Waals surface area (Å²) in [6.45, 7) is 5.09. The molecule has 0 unspecified atom stereocenters. The average Bonchev–Trinajstić information content (AvgIpc) is 2.04. The van der Waals surface area contributed by atoms with Gasteiger partial charge in [0.25, 0.3) is 5.84 Å². The number of rotatable bonds is 3. The number of nitrogens with zero attached hydrogens (tertiary/aromatic N) is 2. The molecule has 0 aliphatic carbocycles. The van der Waals surface area contributed by atoms with E-state index in [0.717, 1.165) is 16.9 Å². The number of allylic oxidation sites excluding steroid dienone is 1. The van der Waals surface area contributed by atoms with Crippen LogP contribution < -0.4 is 0 Å². The van der Waals surface area contributed by atoms with Crippen LogP contribution in [-0.2, 0) is 4.84 Å². The molecule has 0 aliphatic rings. The van der Waals surface area contributed by atoms with E-state index in [4.69, 9.17) is 4.84 Å². The van der Waals surface area contributed by atoms with Crippen LogP contribution in [-0.4, -0.2) is 38.1 Å². The van der Waals surface area contributed by atoms with E-state index >= 15 is 0 Å². The third-order valence-electron chi connectivity index (χ3n) is 1.91. The minimum atomic E-state index is 0.734. The fraction of sp³-hybridized carbons (Fsp3) is 0.667. The molecule has 0 saturated heterocycles.